The number of nitrogens with zero attached hydrogens (tertiary/aromatic N) is 2. The molecule has 0 saturated heterocycles. The molecule has 2 rings (SSSR count). The second-order valence-electron chi connectivity index (χ2n) is 4.74. The van der Waals surface area contributed by atoms with Crippen molar-refractivity contribution in [2.24, 2.45) is 0 Å². The molecule has 102 valence electrons. The Bertz CT molecular complexity index is 614. The molecule has 2 aromatic rings. The Labute approximate surface area is 119 Å². The van der Waals surface area contributed by atoms with Gasteiger partial charge in [-0.15, -0.1) is 0 Å². The molecule has 3 nitrogen and oxygen atoms in total. The van der Waals surface area contributed by atoms with Crippen molar-refractivity contribution >= 4 is 11.4 Å². The van der Waals surface area contributed by atoms with Crippen LogP contribution in [0.25, 0.3) is 0 Å². The Balaban J connectivity index is 2.24. The summed E-state index contributed by atoms with van der Waals surface area (Å²) in [6, 6.07) is 17.5. The second kappa shape index (κ2) is 6.23. The Morgan fingerprint density at radius 1 is 1.15 bits per heavy atom. The largest absolute Gasteiger partial charge is 0.388 e. The van der Waals surface area contributed by atoms with Crippen molar-refractivity contribution in [3.8, 4) is 6.07 Å². The van der Waals surface area contributed by atoms with Gasteiger partial charge in [0.25, 0.3) is 0 Å². The lowest BCUT2D eigenvalue weighted by Crippen LogP contribution is -2.09. The number of benzene rings is 2. The van der Waals surface area contributed by atoms with Crippen LogP contribution in [0.15, 0.2) is 48.5 Å². The van der Waals surface area contributed by atoms with E-state index in [4.69, 9.17) is 5.26 Å². The van der Waals surface area contributed by atoms with Crippen LogP contribution in [0, 0.1) is 11.3 Å². The van der Waals surface area contributed by atoms with Gasteiger partial charge in [-0.2, -0.15) is 5.26 Å². The van der Waals surface area contributed by atoms with Crippen LogP contribution in [0.3, 0.4) is 0 Å². The van der Waals surface area contributed by atoms with E-state index in [0.29, 0.717) is 12.0 Å². The van der Waals surface area contributed by atoms with Gasteiger partial charge >= 0.3 is 0 Å². The van der Waals surface area contributed by atoms with Crippen molar-refractivity contribution in [2.75, 3.05) is 11.9 Å². The lowest BCUT2D eigenvalue weighted by Gasteiger charge is -2.20. The first kappa shape index (κ1) is 14.1. The van der Waals surface area contributed by atoms with E-state index in [-0.39, 0.29) is 0 Å². The van der Waals surface area contributed by atoms with Crippen LogP contribution in [0.1, 0.15) is 30.6 Å². The van der Waals surface area contributed by atoms with Gasteiger partial charge < -0.3 is 10.0 Å². The highest BCUT2D eigenvalue weighted by atomic mass is 16.3. The molecule has 0 fully saturated rings. The van der Waals surface area contributed by atoms with Crippen LogP contribution in [-0.2, 0) is 0 Å². The first-order valence-electron chi connectivity index (χ1n) is 6.67. The van der Waals surface area contributed by atoms with E-state index in [9.17, 15) is 5.11 Å². The highest BCUT2D eigenvalue weighted by molar-refractivity contribution is 5.64. The van der Waals surface area contributed by atoms with E-state index in [1.165, 1.54) is 0 Å². The third-order valence-corrected chi connectivity index (χ3v) is 3.41. The fraction of sp³-hybridized carbons (Fsp3) is 0.235. The minimum atomic E-state index is -0.406. The van der Waals surface area contributed by atoms with Crippen molar-refractivity contribution in [2.45, 2.75) is 19.4 Å². The fourth-order valence-corrected chi connectivity index (χ4v) is 2.09. The molecule has 0 amide bonds. The molecule has 0 saturated carbocycles. The van der Waals surface area contributed by atoms with Gasteiger partial charge in [0.15, 0.2) is 0 Å². The van der Waals surface area contributed by atoms with Crippen molar-refractivity contribution in [3.63, 3.8) is 0 Å². The van der Waals surface area contributed by atoms with E-state index in [0.717, 1.165) is 16.9 Å². The van der Waals surface area contributed by atoms with Gasteiger partial charge in [0.05, 0.1) is 17.7 Å². The number of hydrogen-bond acceptors (Lipinski definition) is 3. The second-order valence-corrected chi connectivity index (χ2v) is 4.74. The van der Waals surface area contributed by atoms with E-state index in [2.05, 4.69) is 6.07 Å². The smallest absolute Gasteiger partial charge is 0.0992 e. The number of aliphatic hydroxyl groups excluding tert-OH is 1. The Kier molecular flexibility index (Phi) is 4.39. The van der Waals surface area contributed by atoms with Gasteiger partial charge in [-0.1, -0.05) is 25.1 Å². The summed E-state index contributed by atoms with van der Waals surface area (Å²) in [5.41, 5.74) is 3.56. The van der Waals surface area contributed by atoms with Crippen molar-refractivity contribution in [1.29, 1.82) is 5.26 Å². The highest BCUT2D eigenvalue weighted by Crippen LogP contribution is 2.26. The minimum absolute atomic E-state index is 0.406. The average Bonchev–Trinajstić information content (AvgIpc) is 2.53. The highest BCUT2D eigenvalue weighted by Gasteiger charge is 2.07. The van der Waals surface area contributed by atoms with Gasteiger partial charge in [0, 0.05) is 18.4 Å². The molecule has 0 radical (unpaired) electrons. The molecule has 0 aliphatic carbocycles. The van der Waals surface area contributed by atoms with E-state index < -0.39 is 6.10 Å². The zero-order valence-electron chi connectivity index (χ0n) is 11.7. The molecule has 0 unspecified atom stereocenters. The summed E-state index contributed by atoms with van der Waals surface area (Å²) in [5, 5.41) is 18.7. The normalized spacial score (nSPS) is 11.7. The number of rotatable bonds is 4. The maximum atomic E-state index is 9.79. The molecule has 0 aliphatic rings. The van der Waals surface area contributed by atoms with Gasteiger partial charge in [-0.3, -0.25) is 0 Å². The molecule has 0 spiro atoms. The van der Waals surface area contributed by atoms with Crippen molar-refractivity contribution in [1.82, 2.24) is 0 Å². The number of nitriles is 1. The third kappa shape index (κ3) is 2.98. The molecule has 1 N–H and O–H groups in total. The third-order valence-electron chi connectivity index (χ3n) is 3.41. The summed E-state index contributed by atoms with van der Waals surface area (Å²) < 4.78 is 0. The van der Waals surface area contributed by atoms with Crippen LogP contribution in [0.2, 0.25) is 0 Å². The summed E-state index contributed by atoms with van der Waals surface area (Å²) >= 11 is 0. The van der Waals surface area contributed by atoms with Crippen molar-refractivity contribution in [3.05, 3.63) is 59.7 Å². The van der Waals surface area contributed by atoms with Crippen molar-refractivity contribution < 1.29 is 5.11 Å². The lowest BCUT2D eigenvalue weighted by atomic mass is 10.1. The van der Waals surface area contributed by atoms with Crippen LogP contribution in [0.5, 0.6) is 0 Å². The monoisotopic (exact) mass is 266 g/mol. The molecule has 0 heterocycles. The molecule has 2 aromatic carbocycles. The molecule has 0 aromatic heterocycles. The quantitative estimate of drug-likeness (QED) is 0.916. The van der Waals surface area contributed by atoms with E-state index >= 15 is 0 Å². The topological polar surface area (TPSA) is 47.3 Å². The number of aliphatic hydroxyl groups is 1. The van der Waals surface area contributed by atoms with E-state index in [1.54, 1.807) is 6.07 Å². The summed E-state index contributed by atoms with van der Waals surface area (Å²) in [7, 11) is 1.96. The summed E-state index contributed by atoms with van der Waals surface area (Å²) in [5.74, 6) is 0. The molecular weight excluding hydrogens is 248 g/mol. The predicted molar refractivity (Wildman–Crippen MR) is 80.9 cm³/mol. The Hall–Kier alpha value is -2.31. The minimum Gasteiger partial charge on any atom is -0.388 e. The van der Waals surface area contributed by atoms with Gasteiger partial charge in [0.2, 0.25) is 0 Å². The van der Waals surface area contributed by atoms with Gasteiger partial charge in [-0.05, 0) is 42.3 Å². The zero-order chi connectivity index (χ0) is 14.5. The maximum Gasteiger partial charge on any atom is 0.0992 e. The summed E-state index contributed by atoms with van der Waals surface area (Å²) in [4.78, 5) is 2.02. The molecule has 0 aliphatic heterocycles. The van der Waals surface area contributed by atoms with Gasteiger partial charge in [0.1, 0.15) is 0 Å². The molecule has 20 heavy (non-hydrogen) atoms. The number of anilines is 2. The predicted octanol–water partition coefficient (Wildman–Crippen LogP) is 3.77. The molecular formula is C17H18N2O. The maximum absolute atomic E-state index is 9.79. The summed E-state index contributed by atoms with van der Waals surface area (Å²) in [6.07, 6.45) is 0.302. The SMILES string of the molecule is CC[C@@H](O)c1ccc(N(C)c2cccc(C#N)c2)cc1. The van der Waals surface area contributed by atoms with Crippen LogP contribution in [0.4, 0.5) is 11.4 Å². The first-order valence-corrected chi connectivity index (χ1v) is 6.67. The first-order chi connectivity index (χ1) is 9.65. The van der Waals surface area contributed by atoms with Crippen LogP contribution < -0.4 is 4.90 Å². The van der Waals surface area contributed by atoms with Gasteiger partial charge in [-0.25, -0.2) is 0 Å². The Morgan fingerprint density at radius 2 is 1.85 bits per heavy atom. The van der Waals surface area contributed by atoms with E-state index in [1.807, 2.05) is 61.3 Å². The standard InChI is InChI=1S/C17H18N2O/c1-3-17(20)14-7-9-15(10-8-14)19(2)16-6-4-5-13(11-16)12-18/h4-11,17,20H,3H2,1-2H3/t17-/m1/s1. The molecule has 3 heteroatoms. The van der Waals surface area contributed by atoms with Crippen LogP contribution in [-0.4, -0.2) is 12.2 Å². The average molecular weight is 266 g/mol. The molecule has 1 atom stereocenters. The Morgan fingerprint density at radius 3 is 2.45 bits per heavy atom. The fourth-order valence-electron chi connectivity index (χ4n) is 2.09. The zero-order valence-corrected chi connectivity index (χ0v) is 11.7. The lowest BCUT2D eigenvalue weighted by molar-refractivity contribution is 0.173. The number of hydrogen-bond donors (Lipinski definition) is 1. The summed E-state index contributed by atoms with van der Waals surface area (Å²) in [6.45, 7) is 1.96. The van der Waals surface area contributed by atoms with Crippen LogP contribution >= 0.6 is 0 Å². The molecule has 0 bridgehead atoms.